The van der Waals surface area contributed by atoms with Gasteiger partial charge >= 0.3 is 0 Å². The molecule has 1 fully saturated rings. The summed E-state index contributed by atoms with van der Waals surface area (Å²) in [7, 11) is 0. The third-order valence-electron chi connectivity index (χ3n) is 2.64. The van der Waals surface area contributed by atoms with Crippen LogP contribution in [0.25, 0.3) is 0 Å². The summed E-state index contributed by atoms with van der Waals surface area (Å²) >= 11 is 5.65. The number of hydrogen-bond acceptors (Lipinski definition) is 2. The summed E-state index contributed by atoms with van der Waals surface area (Å²) in [6, 6.07) is 5.18. The zero-order valence-electron chi connectivity index (χ0n) is 8.25. The molecular formula is C11H13ClFNO. The smallest absolute Gasteiger partial charge is 0.147 e. The van der Waals surface area contributed by atoms with E-state index in [0.29, 0.717) is 5.56 Å². The van der Waals surface area contributed by atoms with E-state index in [0.717, 1.165) is 12.8 Å². The van der Waals surface area contributed by atoms with Gasteiger partial charge in [-0.05, 0) is 18.9 Å². The van der Waals surface area contributed by atoms with Crippen molar-refractivity contribution in [3.8, 4) is 0 Å². The molecule has 4 heteroatoms. The number of halogens is 2. The quantitative estimate of drug-likeness (QED) is 0.864. The van der Waals surface area contributed by atoms with E-state index in [9.17, 15) is 4.39 Å². The Balaban J connectivity index is 1.91. The molecule has 0 unspecified atom stereocenters. The second-order valence-corrected chi connectivity index (χ2v) is 4.28. The minimum atomic E-state index is -0.386. The Kier molecular flexibility index (Phi) is 3.24. The van der Waals surface area contributed by atoms with Crippen molar-refractivity contribution < 1.29 is 9.13 Å². The van der Waals surface area contributed by atoms with E-state index in [2.05, 4.69) is 0 Å². The zero-order chi connectivity index (χ0) is 10.8. The van der Waals surface area contributed by atoms with Gasteiger partial charge in [0.1, 0.15) is 5.82 Å². The molecule has 0 radical (unpaired) electrons. The molecule has 1 aromatic rings. The minimum Gasteiger partial charge on any atom is -0.373 e. The Labute approximate surface area is 93.2 Å². The van der Waals surface area contributed by atoms with Crippen molar-refractivity contribution in [1.82, 2.24) is 0 Å². The summed E-state index contributed by atoms with van der Waals surface area (Å²) in [4.78, 5) is 0. The van der Waals surface area contributed by atoms with E-state index in [1.807, 2.05) is 0 Å². The molecule has 0 aromatic heterocycles. The van der Waals surface area contributed by atoms with Gasteiger partial charge in [0.05, 0.1) is 17.7 Å². The maximum absolute atomic E-state index is 13.4. The molecule has 0 spiro atoms. The topological polar surface area (TPSA) is 35.2 Å². The third-order valence-corrected chi connectivity index (χ3v) is 2.93. The molecule has 82 valence electrons. The van der Waals surface area contributed by atoms with Gasteiger partial charge in [0.25, 0.3) is 0 Å². The SMILES string of the molecule is NC1CC(OCc2cccc(Cl)c2F)C1. The minimum absolute atomic E-state index is 0.140. The highest BCUT2D eigenvalue weighted by Gasteiger charge is 2.26. The van der Waals surface area contributed by atoms with Crippen LogP contribution in [0.5, 0.6) is 0 Å². The lowest BCUT2D eigenvalue weighted by molar-refractivity contribution is -0.0198. The van der Waals surface area contributed by atoms with Crippen molar-refractivity contribution in [3.05, 3.63) is 34.6 Å². The number of ether oxygens (including phenoxy) is 1. The monoisotopic (exact) mass is 229 g/mol. The van der Waals surface area contributed by atoms with Gasteiger partial charge in [-0.2, -0.15) is 0 Å². The fraction of sp³-hybridized carbons (Fsp3) is 0.455. The van der Waals surface area contributed by atoms with Gasteiger partial charge in [0.2, 0.25) is 0 Å². The van der Waals surface area contributed by atoms with Crippen LogP contribution in [0.1, 0.15) is 18.4 Å². The molecule has 0 heterocycles. The molecular weight excluding hydrogens is 217 g/mol. The van der Waals surface area contributed by atoms with Crippen molar-refractivity contribution in [1.29, 1.82) is 0 Å². The Morgan fingerprint density at radius 1 is 1.47 bits per heavy atom. The molecule has 1 saturated carbocycles. The molecule has 0 atom stereocenters. The summed E-state index contributed by atoms with van der Waals surface area (Å²) in [6.45, 7) is 0.268. The highest BCUT2D eigenvalue weighted by molar-refractivity contribution is 6.30. The van der Waals surface area contributed by atoms with E-state index >= 15 is 0 Å². The summed E-state index contributed by atoms with van der Waals surface area (Å²) in [6.07, 6.45) is 1.91. The Morgan fingerprint density at radius 3 is 2.87 bits per heavy atom. The predicted molar refractivity (Wildman–Crippen MR) is 57.2 cm³/mol. The molecule has 2 rings (SSSR count). The predicted octanol–water partition coefficient (Wildman–Crippen LogP) is 2.49. The first kappa shape index (κ1) is 10.9. The van der Waals surface area contributed by atoms with E-state index in [1.54, 1.807) is 12.1 Å². The van der Waals surface area contributed by atoms with Gasteiger partial charge in [-0.1, -0.05) is 23.7 Å². The van der Waals surface area contributed by atoms with Gasteiger partial charge < -0.3 is 10.5 Å². The van der Waals surface area contributed by atoms with Crippen LogP contribution in [-0.2, 0) is 11.3 Å². The summed E-state index contributed by atoms with van der Waals surface area (Å²) in [5.74, 6) is -0.386. The lowest BCUT2D eigenvalue weighted by Gasteiger charge is -2.32. The Hall–Kier alpha value is -0.640. The molecule has 0 bridgehead atoms. The number of hydrogen-bond donors (Lipinski definition) is 1. The second-order valence-electron chi connectivity index (χ2n) is 3.88. The van der Waals surface area contributed by atoms with E-state index in [4.69, 9.17) is 22.1 Å². The van der Waals surface area contributed by atoms with Crippen LogP contribution in [0.2, 0.25) is 5.02 Å². The van der Waals surface area contributed by atoms with Crippen LogP contribution >= 0.6 is 11.6 Å². The molecule has 0 amide bonds. The van der Waals surface area contributed by atoms with Crippen molar-refractivity contribution in [2.24, 2.45) is 5.73 Å². The molecule has 2 nitrogen and oxygen atoms in total. The first-order valence-corrected chi connectivity index (χ1v) is 5.34. The highest BCUT2D eigenvalue weighted by atomic mass is 35.5. The molecule has 0 saturated heterocycles. The highest BCUT2D eigenvalue weighted by Crippen LogP contribution is 2.24. The lowest BCUT2D eigenvalue weighted by Crippen LogP contribution is -2.41. The first-order chi connectivity index (χ1) is 7.16. The number of rotatable bonds is 3. The normalized spacial score (nSPS) is 25.0. The van der Waals surface area contributed by atoms with Crippen LogP contribution in [0.3, 0.4) is 0 Å². The lowest BCUT2D eigenvalue weighted by atomic mass is 9.90. The van der Waals surface area contributed by atoms with Crippen molar-refractivity contribution in [2.75, 3.05) is 0 Å². The van der Waals surface area contributed by atoms with Gasteiger partial charge in [0.15, 0.2) is 0 Å². The van der Waals surface area contributed by atoms with Crippen LogP contribution in [0.4, 0.5) is 4.39 Å². The summed E-state index contributed by atoms with van der Waals surface area (Å²) in [5.41, 5.74) is 6.12. The number of nitrogens with two attached hydrogens (primary N) is 1. The Bertz CT molecular complexity index is 352. The van der Waals surface area contributed by atoms with E-state index < -0.39 is 0 Å². The molecule has 0 aliphatic heterocycles. The molecule has 1 aliphatic rings. The summed E-state index contributed by atoms with van der Waals surface area (Å²) in [5, 5.41) is 0.140. The van der Waals surface area contributed by atoms with Gasteiger partial charge in [-0.25, -0.2) is 4.39 Å². The van der Waals surface area contributed by atoms with Gasteiger partial charge in [-0.3, -0.25) is 0 Å². The van der Waals surface area contributed by atoms with Crippen LogP contribution in [-0.4, -0.2) is 12.1 Å². The first-order valence-electron chi connectivity index (χ1n) is 4.97. The van der Waals surface area contributed by atoms with Crippen molar-refractivity contribution >= 4 is 11.6 Å². The van der Waals surface area contributed by atoms with Crippen molar-refractivity contribution in [3.63, 3.8) is 0 Å². The fourth-order valence-corrected chi connectivity index (χ4v) is 1.80. The van der Waals surface area contributed by atoms with E-state index in [-0.39, 0.29) is 29.6 Å². The van der Waals surface area contributed by atoms with Crippen LogP contribution < -0.4 is 5.73 Å². The average molecular weight is 230 g/mol. The molecule has 1 aromatic carbocycles. The second kappa shape index (κ2) is 4.47. The standard InChI is InChI=1S/C11H13ClFNO/c12-10-3-1-2-7(11(10)13)6-15-9-4-8(14)5-9/h1-3,8-9H,4-6,14H2. The maximum Gasteiger partial charge on any atom is 0.147 e. The average Bonchev–Trinajstić information content (AvgIpc) is 2.17. The fourth-order valence-electron chi connectivity index (χ4n) is 1.61. The largest absolute Gasteiger partial charge is 0.373 e. The van der Waals surface area contributed by atoms with Gasteiger partial charge in [-0.15, -0.1) is 0 Å². The van der Waals surface area contributed by atoms with Gasteiger partial charge in [0, 0.05) is 11.6 Å². The van der Waals surface area contributed by atoms with Crippen molar-refractivity contribution in [2.45, 2.75) is 31.6 Å². The summed E-state index contributed by atoms with van der Waals surface area (Å²) < 4.78 is 18.9. The zero-order valence-corrected chi connectivity index (χ0v) is 9.01. The molecule has 1 aliphatic carbocycles. The number of benzene rings is 1. The molecule has 15 heavy (non-hydrogen) atoms. The maximum atomic E-state index is 13.4. The van der Waals surface area contributed by atoms with Crippen LogP contribution in [0.15, 0.2) is 18.2 Å². The van der Waals surface area contributed by atoms with Crippen LogP contribution in [0, 0.1) is 5.82 Å². The third kappa shape index (κ3) is 2.48. The van der Waals surface area contributed by atoms with E-state index in [1.165, 1.54) is 6.07 Å². The molecule has 2 N–H and O–H groups in total. The Morgan fingerprint density at radius 2 is 2.20 bits per heavy atom.